The van der Waals surface area contributed by atoms with Gasteiger partial charge in [0, 0.05) is 5.30 Å². The maximum Gasteiger partial charge on any atom is 0.474 e. The molecule has 0 aliphatic carbocycles. The molecule has 0 spiro atoms. The average molecular weight is 498 g/mol. The Balaban J connectivity index is 1.31. The van der Waals surface area contributed by atoms with Crippen LogP contribution in [0, 0.1) is 10.8 Å². The quantitative estimate of drug-likeness (QED) is 0.518. The summed E-state index contributed by atoms with van der Waals surface area (Å²) in [5.41, 5.74) is -1.21. The molecule has 6 saturated heterocycles. The van der Waals surface area contributed by atoms with E-state index in [4.69, 9.17) is 48.0 Å². The minimum atomic E-state index is -3.41. The first-order chi connectivity index (χ1) is 14.3. The number of fused-ring (bicyclic) bond motifs is 6. The fourth-order valence-corrected chi connectivity index (χ4v) is 8.78. The highest BCUT2D eigenvalue weighted by atomic mass is 32.5. The summed E-state index contributed by atoms with van der Waals surface area (Å²) in [6, 6.07) is 9.31. The third-order valence-corrected chi connectivity index (χ3v) is 11.1. The van der Waals surface area contributed by atoms with Gasteiger partial charge >= 0.3 is 15.6 Å². The van der Waals surface area contributed by atoms with Crippen LogP contribution in [0.4, 0.5) is 0 Å². The first kappa shape index (κ1) is 21.8. The van der Waals surface area contributed by atoms with Crippen LogP contribution in [0.1, 0.15) is 0 Å². The Labute approximate surface area is 178 Å². The minimum absolute atomic E-state index is 0.158. The molecule has 0 radical (unpaired) electrons. The van der Waals surface area contributed by atoms with Gasteiger partial charge in [-0.3, -0.25) is 27.1 Å². The average Bonchev–Trinajstić information content (AvgIpc) is 2.79. The van der Waals surface area contributed by atoms with Gasteiger partial charge < -0.3 is 9.05 Å². The molecule has 14 heteroatoms. The molecule has 0 unspecified atom stereocenters. The Kier molecular flexibility index (Phi) is 5.68. The molecule has 1 aromatic rings. The van der Waals surface area contributed by atoms with Gasteiger partial charge in [-0.05, 0) is 23.9 Å². The van der Waals surface area contributed by atoms with Crippen molar-refractivity contribution in [2.75, 3.05) is 52.9 Å². The molecule has 0 atom stereocenters. The van der Waals surface area contributed by atoms with Gasteiger partial charge in [0.15, 0.2) is 0 Å². The second kappa shape index (κ2) is 7.80. The van der Waals surface area contributed by atoms with E-state index >= 15 is 0 Å². The van der Waals surface area contributed by atoms with Crippen molar-refractivity contribution in [2.24, 2.45) is 10.8 Å². The van der Waals surface area contributed by atoms with E-state index in [1.165, 1.54) is 0 Å². The van der Waals surface area contributed by atoms with Crippen LogP contribution in [0.3, 0.4) is 0 Å². The van der Waals surface area contributed by atoms with Gasteiger partial charge in [0.2, 0.25) is 6.49 Å². The summed E-state index contributed by atoms with van der Waals surface area (Å²) in [7, 11) is -6.81. The van der Waals surface area contributed by atoms with Crippen molar-refractivity contribution < 1.29 is 45.3 Å². The predicted octanol–water partition coefficient (Wildman–Crippen LogP) is 3.00. The molecule has 7 rings (SSSR count). The smallest absolute Gasteiger partial charge is 0.325 e. The van der Waals surface area contributed by atoms with Crippen LogP contribution in [0.25, 0.3) is 0 Å². The van der Waals surface area contributed by atoms with Gasteiger partial charge in [0.25, 0.3) is 0 Å². The summed E-state index contributed by atoms with van der Waals surface area (Å²) in [4.78, 5) is 0. The summed E-state index contributed by atoms with van der Waals surface area (Å²) in [5, 5.41) is 0.743. The Bertz CT molecular complexity index is 839. The lowest BCUT2D eigenvalue weighted by molar-refractivity contribution is -0.116. The van der Waals surface area contributed by atoms with E-state index in [2.05, 4.69) is 0 Å². The monoisotopic (exact) mass is 498 g/mol. The molecule has 6 fully saturated rings. The normalized spacial score (nSPS) is 42.1. The topological polar surface area (TPSA) is 108 Å². The van der Waals surface area contributed by atoms with Gasteiger partial charge in [-0.1, -0.05) is 18.2 Å². The van der Waals surface area contributed by atoms with Gasteiger partial charge in [-0.2, -0.15) is 0 Å². The van der Waals surface area contributed by atoms with Crippen molar-refractivity contribution in [3.05, 3.63) is 30.3 Å². The van der Waals surface area contributed by atoms with E-state index in [0.717, 1.165) is 5.30 Å². The predicted molar refractivity (Wildman–Crippen MR) is 108 cm³/mol. The Morgan fingerprint density at radius 1 is 0.767 bits per heavy atom. The van der Waals surface area contributed by atoms with Crippen molar-refractivity contribution in [2.45, 2.75) is 0 Å². The maximum atomic E-state index is 12.0. The van der Waals surface area contributed by atoms with Crippen molar-refractivity contribution in [3.8, 4) is 0 Å². The molecule has 0 aromatic heterocycles. The van der Waals surface area contributed by atoms with Crippen LogP contribution < -0.4 is 5.30 Å². The van der Waals surface area contributed by atoms with Crippen molar-refractivity contribution in [1.29, 1.82) is 0 Å². The molecular weight excluding hydrogens is 477 g/mol. The summed E-state index contributed by atoms with van der Waals surface area (Å²) < 4.78 is 67.8. The lowest BCUT2D eigenvalue weighted by atomic mass is 9.93. The van der Waals surface area contributed by atoms with Crippen LogP contribution in [0.15, 0.2) is 30.3 Å². The first-order valence-electron chi connectivity index (χ1n) is 9.28. The number of hydrogen-bond acceptors (Lipinski definition) is 11. The van der Waals surface area contributed by atoms with Crippen molar-refractivity contribution >= 4 is 39.2 Å². The summed E-state index contributed by atoms with van der Waals surface area (Å²) in [6.07, 6.45) is 0. The molecule has 1 aromatic carbocycles. The van der Waals surface area contributed by atoms with Crippen LogP contribution >= 0.6 is 22.1 Å². The highest BCUT2D eigenvalue weighted by Gasteiger charge is 2.53. The largest absolute Gasteiger partial charge is 0.474 e. The molecular formula is C16H21O10P3S. The van der Waals surface area contributed by atoms with Gasteiger partial charge in [0.05, 0.1) is 63.7 Å². The molecule has 30 heavy (non-hydrogen) atoms. The summed E-state index contributed by atoms with van der Waals surface area (Å²) in [5.74, 6) is 0. The molecule has 4 bridgehead atoms. The van der Waals surface area contributed by atoms with Gasteiger partial charge in [0.1, 0.15) is 0 Å². The molecule has 166 valence electrons. The maximum absolute atomic E-state index is 12.0. The zero-order chi connectivity index (χ0) is 20.9. The van der Waals surface area contributed by atoms with E-state index in [1.54, 1.807) is 0 Å². The SMILES string of the molecule is O=P12OCC(COP(=S)(OCC34COP(=O)(OC3)OC4)c3ccccc3)(CO1)CO2. The van der Waals surface area contributed by atoms with Crippen LogP contribution in [-0.2, 0) is 57.1 Å². The summed E-state index contributed by atoms with van der Waals surface area (Å²) >= 11 is 5.88. The molecule has 0 amide bonds. The number of phosphoric acid groups is 2. The Morgan fingerprint density at radius 3 is 1.50 bits per heavy atom. The lowest BCUT2D eigenvalue weighted by Crippen LogP contribution is -2.48. The number of phosphoric ester groups is 2. The number of benzene rings is 1. The van der Waals surface area contributed by atoms with Crippen molar-refractivity contribution in [3.63, 3.8) is 0 Å². The second-order valence-corrected chi connectivity index (χ2v) is 14.7. The number of hydrogen-bond donors (Lipinski definition) is 0. The molecule has 10 nitrogen and oxygen atoms in total. The first-order valence-corrected chi connectivity index (χ1v) is 14.8. The fourth-order valence-electron chi connectivity index (χ4n) is 3.26. The minimum Gasteiger partial charge on any atom is -0.325 e. The molecule has 6 aliphatic heterocycles. The zero-order valence-corrected chi connectivity index (χ0v) is 19.4. The van der Waals surface area contributed by atoms with E-state index in [-0.39, 0.29) is 52.9 Å². The van der Waals surface area contributed by atoms with Crippen LogP contribution in [-0.4, -0.2) is 52.9 Å². The van der Waals surface area contributed by atoms with E-state index < -0.39 is 33.0 Å². The fraction of sp³-hybridized carbons (Fsp3) is 0.625. The molecule has 0 saturated carbocycles. The molecule has 0 N–H and O–H groups in total. The zero-order valence-electron chi connectivity index (χ0n) is 15.9. The highest BCUT2D eigenvalue weighted by Crippen LogP contribution is 2.62. The Hall–Kier alpha value is 0.01000. The Morgan fingerprint density at radius 2 is 1.13 bits per heavy atom. The van der Waals surface area contributed by atoms with Crippen molar-refractivity contribution in [1.82, 2.24) is 0 Å². The summed E-state index contributed by atoms with van der Waals surface area (Å²) in [6.45, 7) is -1.45. The second-order valence-electron chi connectivity index (χ2n) is 7.91. The molecule has 6 heterocycles. The standard InChI is InChI=1S/C16H21O10P3S/c17-28-21-8-15(9-22-28,10-23-28)6-19-27(30,14-4-2-1-3-5-14)20-7-16-11-24-29(18,25-12-16)26-13-16/h1-5H,6-13H2. The van der Waals surface area contributed by atoms with Crippen LogP contribution in [0.5, 0.6) is 0 Å². The third-order valence-electron chi connectivity index (χ3n) is 5.33. The molecule has 6 aliphatic rings. The van der Waals surface area contributed by atoms with Gasteiger partial charge in [-0.15, -0.1) is 0 Å². The van der Waals surface area contributed by atoms with Gasteiger partial charge in [-0.25, -0.2) is 9.13 Å². The van der Waals surface area contributed by atoms with E-state index in [9.17, 15) is 9.13 Å². The van der Waals surface area contributed by atoms with E-state index in [0.29, 0.717) is 0 Å². The lowest BCUT2D eigenvalue weighted by Gasteiger charge is -2.45. The number of rotatable bonds is 7. The van der Waals surface area contributed by atoms with Crippen LogP contribution in [0.2, 0.25) is 0 Å². The van der Waals surface area contributed by atoms with E-state index in [1.807, 2.05) is 30.3 Å². The highest BCUT2D eigenvalue weighted by molar-refractivity contribution is 8.13. The third kappa shape index (κ3) is 4.17.